The fourth-order valence-electron chi connectivity index (χ4n) is 2.57. The quantitative estimate of drug-likeness (QED) is 0.612. The molecule has 24 heavy (non-hydrogen) atoms. The molecular formula is C18H16ClFN2O2. The van der Waals surface area contributed by atoms with E-state index in [9.17, 15) is 9.18 Å². The molecular weight excluding hydrogens is 331 g/mol. The number of aromatic nitrogens is 1. The topological polar surface area (TPSA) is 42.4 Å². The number of ether oxygens (including phenoxy) is 1. The Morgan fingerprint density at radius 1 is 1.29 bits per heavy atom. The second-order valence-corrected chi connectivity index (χ2v) is 6.05. The van der Waals surface area contributed by atoms with E-state index in [1.165, 1.54) is 18.2 Å². The first-order chi connectivity index (χ1) is 11.5. The van der Waals surface area contributed by atoms with E-state index in [1.54, 1.807) is 18.3 Å². The van der Waals surface area contributed by atoms with Crippen LogP contribution in [0, 0.1) is 12.7 Å². The van der Waals surface area contributed by atoms with Crippen molar-refractivity contribution >= 4 is 17.6 Å². The zero-order valence-electron chi connectivity index (χ0n) is 13.1. The Balaban J connectivity index is 1.85. The minimum atomic E-state index is -0.347. The molecule has 0 radical (unpaired) electrons. The summed E-state index contributed by atoms with van der Waals surface area (Å²) in [7, 11) is 0. The molecule has 2 aromatic rings. The van der Waals surface area contributed by atoms with Crippen LogP contribution in [0.25, 0.3) is 0 Å². The predicted molar refractivity (Wildman–Crippen MR) is 88.7 cm³/mol. The second kappa shape index (κ2) is 7.01. The molecule has 0 amide bonds. The number of halogens is 2. The third kappa shape index (κ3) is 3.92. The fourth-order valence-corrected chi connectivity index (χ4v) is 2.68. The zero-order chi connectivity index (χ0) is 17.1. The normalized spacial score (nSPS) is 13.6. The van der Waals surface area contributed by atoms with Crippen molar-refractivity contribution in [1.82, 2.24) is 9.88 Å². The van der Waals surface area contributed by atoms with Gasteiger partial charge in [-0.1, -0.05) is 23.7 Å². The summed E-state index contributed by atoms with van der Waals surface area (Å²) in [5, 5.41) is 0.429. The van der Waals surface area contributed by atoms with Crippen molar-refractivity contribution in [3.8, 4) is 0 Å². The maximum atomic E-state index is 13.3. The average Bonchev–Trinajstić information content (AvgIpc) is 2.97. The highest BCUT2D eigenvalue weighted by Gasteiger charge is 2.20. The summed E-state index contributed by atoms with van der Waals surface area (Å²) in [5.74, 6) is -0.608. The monoisotopic (exact) mass is 346 g/mol. The highest BCUT2D eigenvalue weighted by atomic mass is 35.5. The van der Waals surface area contributed by atoms with Gasteiger partial charge in [0.2, 0.25) is 0 Å². The van der Waals surface area contributed by atoms with Crippen LogP contribution >= 0.6 is 11.6 Å². The molecule has 6 heteroatoms. The zero-order valence-corrected chi connectivity index (χ0v) is 13.9. The number of carbonyl (C=O) groups is 1. The molecule has 1 aliphatic heterocycles. The number of hydrogen-bond acceptors (Lipinski definition) is 4. The van der Waals surface area contributed by atoms with E-state index in [4.69, 9.17) is 16.3 Å². The van der Waals surface area contributed by atoms with Gasteiger partial charge < -0.3 is 9.64 Å². The maximum Gasteiger partial charge on any atom is 0.333 e. The van der Waals surface area contributed by atoms with Crippen LogP contribution < -0.4 is 0 Å². The van der Waals surface area contributed by atoms with E-state index in [1.807, 2.05) is 17.9 Å². The van der Waals surface area contributed by atoms with Gasteiger partial charge in [-0.3, -0.25) is 0 Å². The molecule has 1 aliphatic rings. The van der Waals surface area contributed by atoms with Crippen molar-refractivity contribution in [2.75, 3.05) is 6.61 Å². The summed E-state index contributed by atoms with van der Waals surface area (Å²) in [4.78, 5) is 17.5. The van der Waals surface area contributed by atoms with Crippen molar-refractivity contribution in [2.24, 2.45) is 0 Å². The van der Waals surface area contributed by atoms with Gasteiger partial charge in [0.05, 0.1) is 5.70 Å². The first-order valence-electron chi connectivity index (χ1n) is 7.49. The highest BCUT2D eigenvalue weighted by Crippen LogP contribution is 2.21. The summed E-state index contributed by atoms with van der Waals surface area (Å²) in [6.07, 6.45) is 3.19. The molecule has 0 fully saturated rings. The molecule has 4 nitrogen and oxygen atoms in total. The lowest BCUT2D eigenvalue weighted by Crippen LogP contribution is -2.23. The Bertz CT molecular complexity index is 790. The molecule has 0 saturated carbocycles. The van der Waals surface area contributed by atoms with Crippen LogP contribution in [0.15, 0.2) is 48.3 Å². The first-order valence-corrected chi connectivity index (χ1v) is 7.87. The summed E-state index contributed by atoms with van der Waals surface area (Å²) in [6, 6.07) is 8.31. The van der Waals surface area contributed by atoms with Crippen LogP contribution in [-0.4, -0.2) is 22.5 Å². The third-order valence-corrected chi connectivity index (χ3v) is 4.10. The molecule has 0 bridgehead atoms. The van der Waals surface area contributed by atoms with Gasteiger partial charge in [-0.05, 0) is 41.8 Å². The number of pyridine rings is 1. The number of rotatable bonds is 5. The first kappa shape index (κ1) is 16.5. The molecule has 124 valence electrons. The fraction of sp³-hybridized carbons (Fsp3) is 0.222. The molecule has 0 saturated heterocycles. The molecule has 0 aliphatic carbocycles. The van der Waals surface area contributed by atoms with E-state index >= 15 is 0 Å². The Hall–Kier alpha value is -2.40. The van der Waals surface area contributed by atoms with Crippen molar-refractivity contribution in [1.29, 1.82) is 0 Å². The Labute approximate surface area is 144 Å². The lowest BCUT2D eigenvalue weighted by atomic mass is 10.1. The van der Waals surface area contributed by atoms with Crippen LogP contribution in [-0.2, 0) is 22.6 Å². The average molecular weight is 347 g/mol. The summed E-state index contributed by atoms with van der Waals surface area (Å²) < 4.78 is 18.3. The van der Waals surface area contributed by atoms with Gasteiger partial charge in [0, 0.05) is 25.4 Å². The summed E-state index contributed by atoms with van der Waals surface area (Å²) >= 11 is 5.82. The van der Waals surface area contributed by atoms with Crippen LogP contribution in [0.5, 0.6) is 0 Å². The largest absolute Gasteiger partial charge is 0.456 e. The lowest BCUT2D eigenvalue weighted by Gasteiger charge is -2.26. The Kier molecular flexibility index (Phi) is 4.81. The van der Waals surface area contributed by atoms with Crippen LogP contribution in [0.3, 0.4) is 0 Å². The summed E-state index contributed by atoms with van der Waals surface area (Å²) in [5.41, 5.74) is 3.59. The molecule has 3 rings (SSSR count). The Morgan fingerprint density at radius 3 is 2.75 bits per heavy atom. The lowest BCUT2D eigenvalue weighted by molar-refractivity contribution is -0.135. The van der Waals surface area contributed by atoms with Crippen LogP contribution in [0.1, 0.15) is 16.7 Å². The van der Waals surface area contributed by atoms with Crippen molar-refractivity contribution in [3.63, 3.8) is 0 Å². The van der Waals surface area contributed by atoms with Crippen molar-refractivity contribution in [3.05, 3.63) is 76.0 Å². The van der Waals surface area contributed by atoms with Gasteiger partial charge in [-0.25, -0.2) is 14.2 Å². The SMILES string of the molecule is Cc1cc(F)ccc1CN(Cc1ccc(Cl)nc1)C1=CC(=O)OC1. The van der Waals surface area contributed by atoms with Gasteiger partial charge in [0.1, 0.15) is 17.6 Å². The summed E-state index contributed by atoms with van der Waals surface area (Å²) in [6.45, 7) is 3.19. The van der Waals surface area contributed by atoms with E-state index < -0.39 is 0 Å². The molecule has 1 aromatic carbocycles. The number of aryl methyl sites for hydroxylation is 1. The second-order valence-electron chi connectivity index (χ2n) is 5.66. The minimum Gasteiger partial charge on any atom is -0.456 e. The third-order valence-electron chi connectivity index (χ3n) is 3.88. The molecule has 0 atom stereocenters. The number of esters is 1. The molecule has 1 aromatic heterocycles. The van der Waals surface area contributed by atoms with Crippen molar-refractivity contribution in [2.45, 2.75) is 20.0 Å². The molecule has 0 unspecified atom stereocenters. The highest BCUT2D eigenvalue weighted by molar-refractivity contribution is 6.29. The number of benzene rings is 1. The van der Waals surface area contributed by atoms with E-state index in [2.05, 4.69) is 4.98 Å². The minimum absolute atomic E-state index is 0.236. The number of hydrogen-bond donors (Lipinski definition) is 0. The molecule has 0 N–H and O–H groups in total. The maximum absolute atomic E-state index is 13.3. The smallest absolute Gasteiger partial charge is 0.333 e. The van der Waals surface area contributed by atoms with E-state index in [0.717, 1.165) is 22.4 Å². The van der Waals surface area contributed by atoms with Crippen LogP contribution in [0.4, 0.5) is 4.39 Å². The van der Waals surface area contributed by atoms with Gasteiger partial charge in [-0.2, -0.15) is 0 Å². The van der Waals surface area contributed by atoms with Crippen molar-refractivity contribution < 1.29 is 13.9 Å². The molecule has 2 heterocycles. The number of nitrogens with zero attached hydrogens (tertiary/aromatic N) is 2. The van der Waals surface area contributed by atoms with Gasteiger partial charge in [0.25, 0.3) is 0 Å². The van der Waals surface area contributed by atoms with E-state index in [0.29, 0.717) is 18.2 Å². The van der Waals surface area contributed by atoms with E-state index in [-0.39, 0.29) is 18.4 Å². The predicted octanol–water partition coefficient (Wildman–Crippen LogP) is 3.63. The van der Waals surface area contributed by atoms with Gasteiger partial charge in [-0.15, -0.1) is 0 Å². The number of cyclic esters (lactones) is 1. The van der Waals surface area contributed by atoms with Gasteiger partial charge >= 0.3 is 5.97 Å². The number of carbonyl (C=O) groups excluding carboxylic acids is 1. The van der Waals surface area contributed by atoms with Crippen LogP contribution in [0.2, 0.25) is 5.15 Å². The Morgan fingerprint density at radius 2 is 2.12 bits per heavy atom. The molecule has 0 spiro atoms. The standard InChI is InChI=1S/C18H16ClFN2O2/c1-12-6-15(20)4-3-14(12)10-22(16-7-18(23)24-11-16)9-13-2-5-17(19)21-8-13/h2-8H,9-11H2,1H3. The van der Waals surface area contributed by atoms with Gasteiger partial charge in [0.15, 0.2) is 0 Å².